The van der Waals surface area contributed by atoms with E-state index < -0.39 is 54.0 Å². The van der Waals surface area contributed by atoms with E-state index in [0.717, 1.165) is 0 Å². The SMILES string of the molecule is CCC(C)C(NC(=O)C(NC(=O)C(NC(=O)C(N)CC(C)C)C(C)C)C(C)O)C(=O)O. The molecule has 0 aliphatic heterocycles. The van der Waals surface area contributed by atoms with E-state index in [-0.39, 0.29) is 17.8 Å². The summed E-state index contributed by atoms with van der Waals surface area (Å²) in [7, 11) is 0. The molecule has 0 aromatic carbocycles. The average Bonchev–Trinajstić information content (AvgIpc) is 2.65. The molecule has 0 aliphatic carbocycles. The third kappa shape index (κ3) is 9.65. The summed E-state index contributed by atoms with van der Waals surface area (Å²) in [6.07, 6.45) is -0.327. The van der Waals surface area contributed by atoms with Gasteiger partial charge in [0.2, 0.25) is 17.7 Å². The Morgan fingerprint density at radius 1 is 0.806 bits per heavy atom. The summed E-state index contributed by atoms with van der Waals surface area (Å²) in [6.45, 7) is 12.1. The fourth-order valence-corrected chi connectivity index (χ4v) is 2.98. The van der Waals surface area contributed by atoms with Crippen LogP contribution in [-0.4, -0.2) is 64.2 Å². The summed E-state index contributed by atoms with van der Waals surface area (Å²) < 4.78 is 0. The first-order valence-corrected chi connectivity index (χ1v) is 10.8. The van der Waals surface area contributed by atoms with Gasteiger partial charge in [-0.25, -0.2) is 4.79 Å². The predicted octanol–water partition coefficient (Wildman–Crippen LogP) is -0.0183. The molecule has 0 aliphatic rings. The fraction of sp³-hybridized carbons (Fsp3) is 0.810. The summed E-state index contributed by atoms with van der Waals surface area (Å²) in [5.41, 5.74) is 5.89. The van der Waals surface area contributed by atoms with E-state index >= 15 is 0 Å². The third-order valence-corrected chi connectivity index (χ3v) is 5.15. The Morgan fingerprint density at radius 3 is 1.65 bits per heavy atom. The van der Waals surface area contributed by atoms with Gasteiger partial charge in [-0.1, -0.05) is 48.0 Å². The van der Waals surface area contributed by atoms with Crippen LogP contribution < -0.4 is 21.7 Å². The van der Waals surface area contributed by atoms with Gasteiger partial charge in [0.05, 0.1) is 12.1 Å². The van der Waals surface area contributed by atoms with E-state index in [1.54, 1.807) is 27.7 Å². The van der Waals surface area contributed by atoms with Crippen LogP contribution >= 0.6 is 0 Å². The van der Waals surface area contributed by atoms with Crippen LogP contribution in [0.1, 0.15) is 61.3 Å². The number of nitrogens with one attached hydrogen (secondary N) is 3. The third-order valence-electron chi connectivity index (χ3n) is 5.15. The molecule has 0 aromatic rings. The van der Waals surface area contributed by atoms with Crippen LogP contribution in [0.5, 0.6) is 0 Å². The van der Waals surface area contributed by atoms with Crippen molar-refractivity contribution < 1.29 is 29.4 Å². The number of carboxylic acids is 1. The number of carbonyl (C=O) groups is 4. The topological polar surface area (TPSA) is 171 Å². The lowest BCUT2D eigenvalue weighted by Gasteiger charge is -2.29. The van der Waals surface area contributed by atoms with Crippen molar-refractivity contribution in [1.29, 1.82) is 0 Å². The summed E-state index contributed by atoms with van der Waals surface area (Å²) in [5, 5.41) is 26.8. The smallest absolute Gasteiger partial charge is 0.326 e. The minimum absolute atomic E-state index is 0.197. The molecule has 0 aromatic heterocycles. The quantitative estimate of drug-likeness (QED) is 0.232. The number of carboxylic acid groups (broad SMARTS) is 1. The van der Waals surface area contributed by atoms with Crippen molar-refractivity contribution in [2.75, 3.05) is 0 Å². The van der Waals surface area contributed by atoms with Crippen LogP contribution in [0.15, 0.2) is 0 Å². The minimum atomic E-state index is -1.39. The molecule has 10 heteroatoms. The normalized spacial score (nSPS) is 17.3. The molecule has 6 unspecified atom stereocenters. The number of hydrogen-bond acceptors (Lipinski definition) is 6. The molecule has 0 bridgehead atoms. The Morgan fingerprint density at radius 2 is 1.26 bits per heavy atom. The maximum Gasteiger partial charge on any atom is 0.326 e. The molecule has 7 N–H and O–H groups in total. The monoisotopic (exact) mass is 444 g/mol. The van der Waals surface area contributed by atoms with Crippen molar-refractivity contribution in [2.24, 2.45) is 23.5 Å². The van der Waals surface area contributed by atoms with E-state index in [2.05, 4.69) is 16.0 Å². The zero-order valence-electron chi connectivity index (χ0n) is 19.6. The largest absolute Gasteiger partial charge is 0.480 e. The van der Waals surface area contributed by atoms with Crippen LogP contribution in [0.25, 0.3) is 0 Å². The second-order valence-electron chi connectivity index (χ2n) is 8.90. The second kappa shape index (κ2) is 13.3. The van der Waals surface area contributed by atoms with Crippen molar-refractivity contribution in [3.05, 3.63) is 0 Å². The molecule has 0 rings (SSSR count). The lowest BCUT2D eigenvalue weighted by molar-refractivity contribution is -0.144. The molecule has 10 nitrogen and oxygen atoms in total. The molecule has 0 fully saturated rings. The maximum absolute atomic E-state index is 12.8. The van der Waals surface area contributed by atoms with Gasteiger partial charge in [0.1, 0.15) is 18.1 Å². The number of amides is 3. The molecule has 3 amide bonds. The number of nitrogens with two attached hydrogens (primary N) is 1. The Kier molecular flexibility index (Phi) is 12.3. The van der Waals surface area contributed by atoms with E-state index in [0.29, 0.717) is 12.8 Å². The Bertz CT molecular complexity index is 623. The summed E-state index contributed by atoms with van der Waals surface area (Å²) in [6, 6.07) is -4.31. The van der Waals surface area contributed by atoms with Crippen molar-refractivity contribution in [2.45, 2.75) is 91.6 Å². The van der Waals surface area contributed by atoms with Gasteiger partial charge >= 0.3 is 5.97 Å². The summed E-state index contributed by atoms with van der Waals surface area (Å²) in [5.74, 6) is -3.65. The molecular weight excluding hydrogens is 404 g/mol. The van der Waals surface area contributed by atoms with E-state index in [9.17, 15) is 29.4 Å². The number of hydrogen-bond donors (Lipinski definition) is 6. The highest BCUT2D eigenvalue weighted by atomic mass is 16.4. The number of aliphatic carboxylic acids is 1. The fourth-order valence-electron chi connectivity index (χ4n) is 2.98. The van der Waals surface area contributed by atoms with Crippen LogP contribution in [0.4, 0.5) is 0 Å². The zero-order valence-corrected chi connectivity index (χ0v) is 19.6. The molecule has 6 atom stereocenters. The lowest BCUT2D eigenvalue weighted by Crippen LogP contribution is -2.61. The molecule has 0 heterocycles. The van der Waals surface area contributed by atoms with Gasteiger partial charge in [0.15, 0.2) is 0 Å². The van der Waals surface area contributed by atoms with Crippen LogP contribution in [-0.2, 0) is 19.2 Å². The van der Waals surface area contributed by atoms with E-state index in [4.69, 9.17) is 5.73 Å². The lowest BCUT2D eigenvalue weighted by atomic mass is 9.98. The zero-order chi connectivity index (χ0) is 24.5. The van der Waals surface area contributed by atoms with Gasteiger partial charge in [-0.15, -0.1) is 0 Å². The Balaban J connectivity index is 5.39. The number of carbonyl (C=O) groups excluding carboxylic acids is 3. The average molecular weight is 445 g/mol. The Labute approximate surface area is 184 Å². The van der Waals surface area contributed by atoms with Crippen LogP contribution in [0.3, 0.4) is 0 Å². The van der Waals surface area contributed by atoms with Gasteiger partial charge in [-0.05, 0) is 31.1 Å². The predicted molar refractivity (Wildman–Crippen MR) is 117 cm³/mol. The molecule has 31 heavy (non-hydrogen) atoms. The van der Waals surface area contributed by atoms with Gasteiger partial charge < -0.3 is 31.9 Å². The molecule has 0 spiro atoms. The summed E-state index contributed by atoms with van der Waals surface area (Å²) >= 11 is 0. The first-order chi connectivity index (χ1) is 14.2. The first-order valence-electron chi connectivity index (χ1n) is 10.8. The Hall–Kier alpha value is -2.20. The van der Waals surface area contributed by atoms with E-state index in [1.807, 2.05) is 13.8 Å². The highest BCUT2D eigenvalue weighted by molar-refractivity contribution is 5.94. The molecular formula is C21H40N4O6. The highest BCUT2D eigenvalue weighted by Crippen LogP contribution is 2.10. The second-order valence-corrected chi connectivity index (χ2v) is 8.90. The minimum Gasteiger partial charge on any atom is -0.480 e. The molecule has 0 saturated carbocycles. The first kappa shape index (κ1) is 28.8. The van der Waals surface area contributed by atoms with E-state index in [1.165, 1.54) is 6.92 Å². The number of aliphatic hydroxyl groups is 1. The maximum atomic E-state index is 12.8. The highest BCUT2D eigenvalue weighted by Gasteiger charge is 2.34. The van der Waals surface area contributed by atoms with Crippen molar-refractivity contribution in [1.82, 2.24) is 16.0 Å². The van der Waals surface area contributed by atoms with Crippen molar-refractivity contribution in [3.63, 3.8) is 0 Å². The van der Waals surface area contributed by atoms with Crippen molar-refractivity contribution >= 4 is 23.7 Å². The standard InChI is InChI=1S/C21H40N4O6/c1-8-12(6)16(21(30)31)24-20(29)17(13(7)26)25-19(28)15(11(4)5)23-18(27)14(22)9-10(2)3/h10-17,26H,8-9,22H2,1-7H3,(H,23,27)(H,24,29)(H,25,28)(H,30,31). The number of rotatable bonds is 13. The molecule has 0 saturated heterocycles. The van der Waals surface area contributed by atoms with Crippen LogP contribution in [0, 0.1) is 17.8 Å². The molecule has 180 valence electrons. The van der Waals surface area contributed by atoms with Crippen molar-refractivity contribution in [3.8, 4) is 0 Å². The van der Waals surface area contributed by atoms with Gasteiger partial charge in [0.25, 0.3) is 0 Å². The number of aliphatic hydroxyl groups excluding tert-OH is 1. The van der Waals surface area contributed by atoms with Gasteiger partial charge in [0, 0.05) is 0 Å². The summed E-state index contributed by atoms with van der Waals surface area (Å²) in [4.78, 5) is 49.3. The van der Waals surface area contributed by atoms with Gasteiger partial charge in [-0.2, -0.15) is 0 Å². The van der Waals surface area contributed by atoms with Gasteiger partial charge in [-0.3, -0.25) is 14.4 Å². The molecule has 0 radical (unpaired) electrons. The van der Waals surface area contributed by atoms with Crippen LogP contribution in [0.2, 0.25) is 0 Å².